The number of methoxy groups -OCH3 is 1. The van der Waals surface area contributed by atoms with Crippen LogP contribution in [0.4, 0.5) is 0 Å². The number of hydrogen-bond donors (Lipinski definition) is 1. The van der Waals surface area contributed by atoms with Gasteiger partial charge in [0.15, 0.2) is 11.5 Å². The lowest BCUT2D eigenvalue weighted by Gasteiger charge is -2.30. The molecule has 2 aromatic carbocycles. The first-order chi connectivity index (χ1) is 16.1. The highest BCUT2D eigenvalue weighted by molar-refractivity contribution is 5.92. The predicted molar refractivity (Wildman–Crippen MR) is 130 cm³/mol. The minimum Gasteiger partial charge on any atom is -0.493 e. The summed E-state index contributed by atoms with van der Waals surface area (Å²) >= 11 is 0. The van der Waals surface area contributed by atoms with Crippen molar-refractivity contribution in [2.45, 2.75) is 39.2 Å². The molecular formula is C27H34N2O4. The smallest absolute Gasteiger partial charge is 0.246 e. The van der Waals surface area contributed by atoms with Crippen LogP contribution < -0.4 is 14.8 Å². The second-order valence-corrected chi connectivity index (χ2v) is 8.25. The highest BCUT2D eigenvalue weighted by Gasteiger charge is 2.26. The van der Waals surface area contributed by atoms with Crippen LogP contribution in [0.15, 0.2) is 54.6 Å². The first-order valence-electron chi connectivity index (χ1n) is 11.7. The Kier molecular flexibility index (Phi) is 9.36. The summed E-state index contributed by atoms with van der Waals surface area (Å²) in [6.07, 6.45) is 6.85. The van der Waals surface area contributed by atoms with Crippen molar-refractivity contribution >= 4 is 17.9 Å². The van der Waals surface area contributed by atoms with Crippen LogP contribution in [0.25, 0.3) is 6.08 Å². The first kappa shape index (κ1) is 24.4. The number of ether oxygens (including phenoxy) is 2. The van der Waals surface area contributed by atoms with E-state index >= 15 is 0 Å². The molecule has 1 aliphatic heterocycles. The molecule has 0 aliphatic carbocycles. The van der Waals surface area contributed by atoms with Crippen molar-refractivity contribution < 1.29 is 19.1 Å². The van der Waals surface area contributed by atoms with Crippen LogP contribution in [0.2, 0.25) is 0 Å². The summed E-state index contributed by atoms with van der Waals surface area (Å²) in [5.74, 6) is 1.34. The third-order valence-corrected chi connectivity index (χ3v) is 5.85. The van der Waals surface area contributed by atoms with E-state index in [0.717, 1.165) is 29.7 Å². The van der Waals surface area contributed by atoms with Gasteiger partial charge in [-0.25, -0.2) is 0 Å². The summed E-state index contributed by atoms with van der Waals surface area (Å²) in [7, 11) is 1.62. The predicted octanol–water partition coefficient (Wildman–Crippen LogP) is 4.44. The average molecular weight is 451 g/mol. The van der Waals surface area contributed by atoms with Crippen LogP contribution >= 0.6 is 0 Å². The molecule has 0 atom stereocenters. The molecule has 1 N–H and O–H groups in total. The van der Waals surface area contributed by atoms with Gasteiger partial charge in [-0.2, -0.15) is 0 Å². The second-order valence-electron chi connectivity index (χ2n) is 8.25. The molecule has 33 heavy (non-hydrogen) atoms. The Morgan fingerprint density at radius 1 is 1.09 bits per heavy atom. The number of rotatable bonds is 10. The molecule has 0 bridgehead atoms. The van der Waals surface area contributed by atoms with Crippen molar-refractivity contribution in [2.24, 2.45) is 5.92 Å². The molecule has 2 amide bonds. The number of benzene rings is 2. The summed E-state index contributed by atoms with van der Waals surface area (Å²) in [5, 5.41) is 3.03. The minimum atomic E-state index is -0.0781. The third-order valence-electron chi connectivity index (χ3n) is 5.85. The summed E-state index contributed by atoms with van der Waals surface area (Å²) < 4.78 is 11.2. The molecule has 1 heterocycles. The molecule has 3 rings (SSSR count). The first-order valence-corrected chi connectivity index (χ1v) is 11.7. The number of amides is 2. The van der Waals surface area contributed by atoms with Crippen LogP contribution in [-0.2, 0) is 16.1 Å². The standard InChI is InChI=1S/C27H34N2O4/c1-3-4-18-33-24-12-10-22(19-25(24)32-2)20-28-27(31)23-14-16-29(17-15-23)26(30)13-11-21-8-6-5-7-9-21/h5-13,19,23H,3-4,14-18,20H2,1-2H3,(H,28,31)/b13-11+. The lowest BCUT2D eigenvalue weighted by atomic mass is 9.95. The van der Waals surface area contributed by atoms with Gasteiger partial charge in [-0.15, -0.1) is 0 Å². The maximum absolute atomic E-state index is 12.7. The lowest BCUT2D eigenvalue weighted by molar-refractivity contribution is -0.132. The Hall–Kier alpha value is -3.28. The summed E-state index contributed by atoms with van der Waals surface area (Å²) in [6, 6.07) is 15.5. The molecule has 6 heteroatoms. The Morgan fingerprint density at radius 3 is 2.55 bits per heavy atom. The number of nitrogens with zero attached hydrogens (tertiary/aromatic N) is 1. The molecule has 1 aliphatic rings. The molecule has 0 spiro atoms. The summed E-state index contributed by atoms with van der Waals surface area (Å²) in [5.41, 5.74) is 1.96. The van der Waals surface area contributed by atoms with Gasteiger partial charge in [-0.05, 0) is 48.6 Å². The van der Waals surface area contributed by atoms with E-state index < -0.39 is 0 Å². The molecule has 0 aromatic heterocycles. The van der Waals surface area contributed by atoms with E-state index in [4.69, 9.17) is 9.47 Å². The largest absolute Gasteiger partial charge is 0.493 e. The van der Waals surface area contributed by atoms with Crippen molar-refractivity contribution in [3.8, 4) is 11.5 Å². The average Bonchev–Trinajstić information content (AvgIpc) is 2.87. The third kappa shape index (κ3) is 7.38. The van der Waals surface area contributed by atoms with Gasteiger partial charge in [0.25, 0.3) is 0 Å². The molecule has 1 saturated heterocycles. The zero-order chi connectivity index (χ0) is 23.5. The quantitative estimate of drug-likeness (QED) is 0.429. The van der Waals surface area contributed by atoms with Gasteiger partial charge >= 0.3 is 0 Å². The van der Waals surface area contributed by atoms with E-state index in [-0.39, 0.29) is 17.7 Å². The highest BCUT2D eigenvalue weighted by Crippen LogP contribution is 2.28. The van der Waals surface area contributed by atoms with Gasteiger partial charge < -0.3 is 19.7 Å². The topological polar surface area (TPSA) is 67.9 Å². The fraction of sp³-hybridized carbons (Fsp3) is 0.407. The zero-order valence-corrected chi connectivity index (χ0v) is 19.6. The van der Waals surface area contributed by atoms with Crippen molar-refractivity contribution in [1.29, 1.82) is 0 Å². The maximum atomic E-state index is 12.7. The van der Waals surface area contributed by atoms with Crippen LogP contribution in [0.1, 0.15) is 43.7 Å². The van der Waals surface area contributed by atoms with E-state index in [1.54, 1.807) is 13.2 Å². The van der Waals surface area contributed by atoms with E-state index in [1.807, 2.05) is 59.5 Å². The lowest BCUT2D eigenvalue weighted by Crippen LogP contribution is -2.42. The number of unbranched alkanes of at least 4 members (excludes halogenated alkanes) is 1. The highest BCUT2D eigenvalue weighted by atomic mass is 16.5. The molecule has 0 saturated carbocycles. The van der Waals surface area contributed by atoms with E-state index in [9.17, 15) is 9.59 Å². The SMILES string of the molecule is CCCCOc1ccc(CNC(=O)C2CCN(C(=O)/C=C/c3ccccc3)CC2)cc1OC. The molecule has 0 radical (unpaired) electrons. The Labute approximate surface area is 196 Å². The number of carbonyl (C=O) groups is 2. The Morgan fingerprint density at radius 2 is 1.85 bits per heavy atom. The van der Waals surface area contributed by atoms with Gasteiger partial charge in [0.05, 0.1) is 13.7 Å². The zero-order valence-electron chi connectivity index (χ0n) is 19.6. The fourth-order valence-corrected chi connectivity index (χ4v) is 3.80. The van der Waals surface area contributed by atoms with Gasteiger partial charge in [0.2, 0.25) is 11.8 Å². The van der Waals surface area contributed by atoms with Crippen LogP contribution in [0, 0.1) is 5.92 Å². The second kappa shape index (κ2) is 12.7. The number of carbonyl (C=O) groups excluding carboxylic acids is 2. The Balaban J connectivity index is 1.44. The summed E-state index contributed by atoms with van der Waals surface area (Å²) in [4.78, 5) is 26.9. The normalized spacial score (nSPS) is 14.3. The van der Waals surface area contributed by atoms with Crippen LogP contribution in [-0.4, -0.2) is 43.5 Å². The van der Waals surface area contributed by atoms with Crippen molar-refractivity contribution in [3.63, 3.8) is 0 Å². The van der Waals surface area contributed by atoms with Crippen LogP contribution in [0.3, 0.4) is 0 Å². The van der Waals surface area contributed by atoms with Gasteiger partial charge in [0, 0.05) is 31.6 Å². The maximum Gasteiger partial charge on any atom is 0.246 e. The molecular weight excluding hydrogens is 416 g/mol. The van der Waals surface area contributed by atoms with E-state index in [1.165, 1.54) is 0 Å². The minimum absolute atomic E-state index is 0.00829. The molecule has 6 nitrogen and oxygen atoms in total. The fourth-order valence-electron chi connectivity index (χ4n) is 3.80. The van der Waals surface area contributed by atoms with Crippen molar-refractivity contribution in [3.05, 3.63) is 65.7 Å². The van der Waals surface area contributed by atoms with E-state index in [2.05, 4.69) is 12.2 Å². The molecule has 2 aromatic rings. The number of likely N-dealkylation sites (tertiary alicyclic amines) is 1. The number of nitrogens with one attached hydrogen (secondary N) is 1. The number of piperidine rings is 1. The van der Waals surface area contributed by atoms with Gasteiger partial charge in [-0.3, -0.25) is 9.59 Å². The van der Waals surface area contributed by atoms with Gasteiger partial charge in [0.1, 0.15) is 0 Å². The monoisotopic (exact) mass is 450 g/mol. The molecule has 1 fully saturated rings. The van der Waals surface area contributed by atoms with Crippen molar-refractivity contribution in [2.75, 3.05) is 26.8 Å². The number of hydrogen-bond acceptors (Lipinski definition) is 4. The molecule has 176 valence electrons. The summed E-state index contributed by atoms with van der Waals surface area (Å²) in [6.45, 7) is 4.40. The van der Waals surface area contributed by atoms with Gasteiger partial charge in [-0.1, -0.05) is 49.7 Å². The van der Waals surface area contributed by atoms with E-state index in [0.29, 0.717) is 44.8 Å². The van der Waals surface area contributed by atoms with Crippen LogP contribution in [0.5, 0.6) is 11.5 Å². The Bertz CT molecular complexity index is 934. The van der Waals surface area contributed by atoms with Crippen molar-refractivity contribution in [1.82, 2.24) is 10.2 Å². The molecule has 0 unspecified atom stereocenters.